The number of aryl methyl sites for hydroxylation is 1. The smallest absolute Gasteiger partial charge is 0.247 e. The molecule has 1 saturated heterocycles. The number of carbonyl (C=O) groups is 2. The summed E-state index contributed by atoms with van der Waals surface area (Å²) < 4.78 is 11.4. The fraction of sp³-hybridized carbons (Fsp3) is 0.333. The Bertz CT molecular complexity index is 1260. The summed E-state index contributed by atoms with van der Waals surface area (Å²) in [4.78, 5) is 38.3. The van der Waals surface area contributed by atoms with Gasteiger partial charge in [0.15, 0.2) is 6.29 Å². The molecule has 1 aromatic heterocycles. The van der Waals surface area contributed by atoms with Gasteiger partial charge in [0.25, 0.3) is 0 Å². The molecule has 2 aromatic carbocycles. The Morgan fingerprint density at radius 1 is 1.22 bits per heavy atom. The van der Waals surface area contributed by atoms with Gasteiger partial charge in [-0.1, -0.05) is 18.7 Å². The summed E-state index contributed by atoms with van der Waals surface area (Å²) in [7, 11) is 0. The van der Waals surface area contributed by atoms with Crippen LogP contribution in [0.25, 0.3) is 10.9 Å². The van der Waals surface area contributed by atoms with E-state index in [9.17, 15) is 9.59 Å². The molecule has 2 heterocycles. The number of nitrogens with one attached hydrogen (secondary N) is 3. The van der Waals surface area contributed by atoms with E-state index in [-0.39, 0.29) is 24.8 Å². The van der Waals surface area contributed by atoms with Crippen molar-refractivity contribution in [3.8, 4) is 5.75 Å². The van der Waals surface area contributed by atoms with Crippen LogP contribution in [-0.4, -0.2) is 41.3 Å². The molecule has 2 amide bonds. The monoisotopic (exact) mass is 505 g/mol. The molecule has 0 saturated carbocycles. The molecule has 0 spiro atoms. The minimum Gasteiger partial charge on any atom is -0.491 e. The maximum Gasteiger partial charge on any atom is 0.247 e. The molecule has 194 valence electrons. The first kappa shape index (κ1) is 26.1. The lowest BCUT2D eigenvalue weighted by Crippen LogP contribution is -2.33. The van der Waals surface area contributed by atoms with Crippen molar-refractivity contribution < 1.29 is 23.9 Å². The standard InChI is InChI=1S/C27H31N5O5/c1-3-24(33)31-22-15-20-21(28-17-29-27(20)30-19-9-6-8-18(2)14-19)16-23(22)35-13-7-10-25(34)32-37-26-11-4-5-12-36-26/h3,6,8-9,14-17,26H,1,4-5,7,10-13H2,2H3,(H,31,33)(H,32,34)(H,28,29,30). The first-order valence-corrected chi connectivity index (χ1v) is 12.3. The van der Waals surface area contributed by atoms with Gasteiger partial charge in [-0.3, -0.25) is 9.59 Å². The summed E-state index contributed by atoms with van der Waals surface area (Å²) in [5, 5.41) is 6.80. The van der Waals surface area contributed by atoms with Crippen molar-refractivity contribution in [3.05, 3.63) is 60.9 Å². The predicted octanol–water partition coefficient (Wildman–Crippen LogP) is 4.54. The highest BCUT2D eigenvalue weighted by Gasteiger charge is 2.16. The lowest BCUT2D eigenvalue weighted by molar-refractivity contribution is -0.200. The first-order chi connectivity index (χ1) is 18.0. The Hall–Kier alpha value is -4.02. The maximum atomic E-state index is 12.1. The zero-order valence-corrected chi connectivity index (χ0v) is 20.8. The molecule has 10 nitrogen and oxygen atoms in total. The van der Waals surface area contributed by atoms with Gasteiger partial charge in [0.2, 0.25) is 11.8 Å². The Kier molecular flexibility index (Phi) is 9.01. The van der Waals surface area contributed by atoms with Crippen LogP contribution in [0.5, 0.6) is 5.75 Å². The van der Waals surface area contributed by atoms with Gasteiger partial charge in [-0.2, -0.15) is 0 Å². The Morgan fingerprint density at radius 2 is 2.11 bits per heavy atom. The number of nitrogens with zero attached hydrogens (tertiary/aromatic N) is 2. The van der Waals surface area contributed by atoms with Crippen molar-refractivity contribution in [3.63, 3.8) is 0 Å². The molecular formula is C27H31N5O5. The second kappa shape index (κ2) is 12.8. The fourth-order valence-corrected chi connectivity index (χ4v) is 3.85. The third-order valence-electron chi connectivity index (χ3n) is 5.71. The van der Waals surface area contributed by atoms with Gasteiger partial charge in [0.1, 0.15) is 17.9 Å². The molecule has 1 unspecified atom stereocenters. The first-order valence-electron chi connectivity index (χ1n) is 12.3. The summed E-state index contributed by atoms with van der Waals surface area (Å²) in [6.45, 7) is 6.42. The van der Waals surface area contributed by atoms with Gasteiger partial charge >= 0.3 is 0 Å². The number of ether oxygens (including phenoxy) is 2. The molecule has 10 heteroatoms. The van der Waals surface area contributed by atoms with E-state index in [0.717, 1.165) is 30.5 Å². The second-order valence-corrected chi connectivity index (χ2v) is 8.67. The number of hydrogen-bond donors (Lipinski definition) is 3. The second-order valence-electron chi connectivity index (χ2n) is 8.67. The highest BCUT2D eigenvalue weighted by molar-refractivity contribution is 6.03. The van der Waals surface area contributed by atoms with Crippen molar-refractivity contribution in [1.29, 1.82) is 0 Å². The number of hydrogen-bond acceptors (Lipinski definition) is 8. The minimum atomic E-state index is -0.394. The molecule has 1 aliphatic rings. The predicted molar refractivity (Wildman–Crippen MR) is 140 cm³/mol. The maximum absolute atomic E-state index is 12.1. The third kappa shape index (κ3) is 7.48. The van der Waals surface area contributed by atoms with E-state index in [4.69, 9.17) is 14.3 Å². The largest absolute Gasteiger partial charge is 0.491 e. The Labute approximate surface area is 215 Å². The summed E-state index contributed by atoms with van der Waals surface area (Å²) in [6, 6.07) is 11.4. The third-order valence-corrected chi connectivity index (χ3v) is 5.71. The number of anilines is 3. The normalized spacial score (nSPS) is 15.1. The SMILES string of the molecule is C=CC(=O)Nc1cc2c(Nc3cccc(C)c3)ncnc2cc1OCCCC(=O)NOC1CCCCO1. The van der Waals surface area contributed by atoms with E-state index in [1.54, 1.807) is 12.1 Å². The summed E-state index contributed by atoms with van der Waals surface area (Å²) >= 11 is 0. The van der Waals surface area contributed by atoms with Crippen LogP contribution in [0, 0.1) is 6.92 Å². The average molecular weight is 506 g/mol. The molecule has 0 bridgehead atoms. The molecule has 1 aliphatic heterocycles. The van der Waals surface area contributed by atoms with E-state index < -0.39 is 6.29 Å². The van der Waals surface area contributed by atoms with Gasteiger partial charge in [-0.25, -0.2) is 20.3 Å². The van der Waals surface area contributed by atoms with Crippen LogP contribution in [0.3, 0.4) is 0 Å². The van der Waals surface area contributed by atoms with Crippen LogP contribution < -0.4 is 20.9 Å². The lowest BCUT2D eigenvalue weighted by Gasteiger charge is -2.22. The number of hydroxylamine groups is 1. The molecule has 0 radical (unpaired) electrons. The molecule has 1 fully saturated rings. The number of rotatable bonds is 11. The van der Waals surface area contributed by atoms with E-state index in [1.165, 1.54) is 12.4 Å². The summed E-state index contributed by atoms with van der Waals surface area (Å²) in [5.41, 5.74) is 5.51. The van der Waals surface area contributed by atoms with Crippen LogP contribution in [0.15, 0.2) is 55.4 Å². The minimum absolute atomic E-state index is 0.210. The zero-order chi connectivity index (χ0) is 26.0. The molecular weight excluding hydrogens is 474 g/mol. The van der Waals surface area contributed by atoms with Crippen LogP contribution in [0.1, 0.15) is 37.7 Å². The zero-order valence-electron chi connectivity index (χ0n) is 20.8. The summed E-state index contributed by atoms with van der Waals surface area (Å²) in [5.74, 6) is 0.386. The topological polar surface area (TPSA) is 124 Å². The molecule has 1 atom stereocenters. The van der Waals surface area contributed by atoms with Crippen molar-refractivity contribution in [2.75, 3.05) is 23.8 Å². The van der Waals surface area contributed by atoms with Gasteiger partial charge < -0.3 is 20.1 Å². The number of benzene rings is 2. The van der Waals surface area contributed by atoms with Crippen LogP contribution in [0.2, 0.25) is 0 Å². The fourth-order valence-electron chi connectivity index (χ4n) is 3.85. The Morgan fingerprint density at radius 3 is 2.89 bits per heavy atom. The van der Waals surface area contributed by atoms with Gasteiger partial charge in [-0.05, 0) is 56.0 Å². The van der Waals surface area contributed by atoms with Gasteiger partial charge in [0.05, 0.1) is 17.8 Å². The number of amides is 2. The summed E-state index contributed by atoms with van der Waals surface area (Å²) in [6.07, 6.45) is 5.68. The van der Waals surface area contributed by atoms with E-state index in [2.05, 4.69) is 32.7 Å². The van der Waals surface area contributed by atoms with Gasteiger partial charge in [-0.15, -0.1) is 0 Å². The molecule has 3 aromatic rings. The number of aromatic nitrogens is 2. The van der Waals surface area contributed by atoms with E-state index in [1.807, 2.05) is 31.2 Å². The lowest BCUT2D eigenvalue weighted by atomic mass is 10.1. The van der Waals surface area contributed by atoms with E-state index in [0.29, 0.717) is 41.2 Å². The van der Waals surface area contributed by atoms with Crippen molar-refractivity contribution in [2.45, 2.75) is 45.3 Å². The molecule has 3 N–H and O–H groups in total. The van der Waals surface area contributed by atoms with Crippen molar-refractivity contribution >= 4 is 39.9 Å². The van der Waals surface area contributed by atoms with Crippen molar-refractivity contribution in [1.82, 2.24) is 15.4 Å². The average Bonchev–Trinajstić information content (AvgIpc) is 2.91. The highest BCUT2D eigenvalue weighted by atomic mass is 16.8. The van der Waals surface area contributed by atoms with Crippen LogP contribution in [-0.2, 0) is 19.2 Å². The van der Waals surface area contributed by atoms with Crippen molar-refractivity contribution in [2.24, 2.45) is 0 Å². The highest BCUT2D eigenvalue weighted by Crippen LogP contribution is 2.33. The quantitative estimate of drug-likeness (QED) is 0.197. The van der Waals surface area contributed by atoms with Crippen LogP contribution >= 0.6 is 0 Å². The molecule has 4 rings (SSSR count). The number of carbonyl (C=O) groups excluding carboxylic acids is 2. The number of fused-ring (bicyclic) bond motifs is 1. The van der Waals surface area contributed by atoms with Crippen LogP contribution in [0.4, 0.5) is 17.2 Å². The van der Waals surface area contributed by atoms with Gasteiger partial charge in [0, 0.05) is 36.6 Å². The molecule has 0 aliphatic carbocycles. The van der Waals surface area contributed by atoms with E-state index >= 15 is 0 Å². The Balaban J connectivity index is 1.42. The molecule has 37 heavy (non-hydrogen) atoms.